The quantitative estimate of drug-likeness (QED) is 0.819. The van der Waals surface area contributed by atoms with Gasteiger partial charge in [0, 0.05) is 18.2 Å². The van der Waals surface area contributed by atoms with Gasteiger partial charge < -0.3 is 9.73 Å². The fourth-order valence-corrected chi connectivity index (χ4v) is 2.81. The van der Waals surface area contributed by atoms with Crippen LogP contribution in [0, 0.1) is 6.92 Å². The Balaban J connectivity index is 1.98. The lowest BCUT2D eigenvalue weighted by Gasteiger charge is -2.16. The van der Waals surface area contributed by atoms with Gasteiger partial charge in [0.05, 0.1) is 18.2 Å². The second-order valence-corrected chi connectivity index (χ2v) is 7.32. The summed E-state index contributed by atoms with van der Waals surface area (Å²) < 4.78 is 30.6. The fourth-order valence-electron chi connectivity index (χ4n) is 2.19. The van der Waals surface area contributed by atoms with E-state index in [0.717, 1.165) is 36.1 Å². The van der Waals surface area contributed by atoms with E-state index in [9.17, 15) is 8.42 Å². The fraction of sp³-hybridized carbons (Fsp3) is 0.375. The Kier molecular flexibility index (Phi) is 5.13. The van der Waals surface area contributed by atoms with Crippen molar-refractivity contribution in [3.8, 4) is 0 Å². The van der Waals surface area contributed by atoms with Gasteiger partial charge in [0.1, 0.15) is 5.76 Å². The molecule has 120 valence electrons. The van der Waals surface area contributed by atoms with Crippen LogP contribution in [-0.4, -0.2) is 20.7 Å². The maximum absolute atomic E-state index is 11.4. The zero-order valence-corrected chi connectivity index (χ0v) is 13.9. The molecule has 1 unspecified atom stereocenters. The molecule has 0 fully saturated rings. The normalized spacial score (nSPS) is 12.9. The average Bonchev–Trinajstić information content (AvgIpc) is 2.92. The third kappa shape index (κ3) is 5.11. The molecule has 0 aliphatic carbocycles. The molecule has 2 N–H and O–H groups in total. The maximum atomic E-state index is 11.4. The summed E-state index contributed by atoms with van der Waals surface area (Å²) in [5, 5.41) is 3.38. The van der Waals surface area contributed by atoms with Crippen molar-refractivity contribution < 1.29 is 12.8 Å². The van der Waals surface area contributed by atoms with Crippen LogP contribution in [0.4, 0.5) is 11.4 Å². The lowest BCUT2D eigenvalue weighted by molar-refractivity contribution is 0.495. The number of hydrogen-bond donors (Lipinski definition) is 2. The molecular formula is C16H22N2O3S. The van der Waals surface area contributed by atoms with Crippen LogP contribution in [0.2, 0.25) is 0 Å². The summed E-state index contributed by atoms with van der Waals surface area (Å²) in [6, 6.07) is 9.77. The molecule has 0 aliphatic rings. The number of aryl methyl sites for hydroxylation is 2. The van der Waals surface area contributed by atoms with Gasteiger partial charge in [-0.1, -0.05) is 6.07 Å². The van der Waals surface area contributed by atoms with Crippen molar-refractivity contribution in [2.45, 2.75) is 32.7 Å². The first-order chi connectivity index (χ1) is 10.3. The predicted molar refractivity (Wildman–Crippen MR) is 89.8 cm³/mol. The summed E-state index contributed by atoms with van der Waals surface area (Å²) in [4.78, 5) is 0. The highest BCUT2D eigenvalue weighted by Gasteiger charge is 2.08. The van der Waals surface area contributed by atoms with Gasteiger partial charge in [0.2, 0.25) is 10.0 Å². The van der Waals surface area contributed by atoms with E-state index in [1.165, 1.54) is 0 Å². The second kappa shape index (κ2) is 6.87. The van der Waals surface area contributed by atoms with Gasteiger partial charge >= 0.3 is 0 Å². The summed E-state index contributed by atoms with van der Waals surface area (Å²) in [6.07, 6.45) is 4.62. The zero-order chi connectivity index (χ0) is 16.2. The summed E-state index contributed by atoms with van der Waals surface area (Å²) in [5.74, 6) is 0.969. The minimum Gasteiger partial charge on any atom is -0.469 e. The Morgan fingerprint density at radius 2 is 2.05 bits per heavy atom. The van der Waals surface area contributed by atoms with Crippen LogP contribution in [0.3, 0.4) is 0 Å². The van der Waals surface area contributed by atoms with Gasteiger partial charge in [0.25, 0.3) is 0 Å². The van der Waals surface area contributed by atoms with Crippen molar-refractivity contribution >= 4 is 21.4 Å². The van der Waals surface area contributed by atoms with Crippen molar-refractivity contribution in [1.82, 2.24) is 0 Å². The number of hydrogen-bond acceptors (Lipinski definition) is 4. The molecular weight excluding hydrogens is 300 g/mol. The van der Waals surface area contributed by atoms with Crippen LogP contribution in [0.25, 0.3) is 0 Å². The molecule has 0 amide bonds. The first kappa shape index (κ1) is 16.4. The van der Waals surface area contributed by atoms with Crippen LogP contribution in [0.5, 0.6) is 0 Å². The highest BCUT2D eigenvalue weighted by molar-refractivity contribution is 7.92. The van der Waals surface area contributed by atoms with E-state index in [1.54, 1.807) is 6.26 Å². The van der Waals surface area contributed by atoms with Gasteiger partial charge in [-0.25, -0.2) is 8.42 Å². The molecule has 0 saturated carbocycles. The molecule has 5 nitrogen and oxygen atoms in total. The zero-order valence-electron chi connectivity index (χ0n) is 13.1. The van der Waals surface area contributed by atoms with Gasteiger partial charge in [-0.05, 0) is 50.1 Å². The lowest BCUT2D eigenvalue weighted by Crippen LogP contribution is -2.16. The van der Waals surface area contributed by atoms with Crippen molar-refractivity contribution in [2.24, 2.45) is 0 Å². The molecule has 2 rings (SSSR count). The van der Waals surface area contributed by atoms with Crippen molar-refractivity contribution in [1.29, 1.82) is 0 Å². The minimum atomic E-state index is -3.27. The molecule has 0 spiro atoms. The Morgan fingerprint density at radius 3 is 2.68 bits per heavy atom. The van der Waals surface area contributed by atoms with E-state index in [2.05, 4.69) is 17.0 Å². The Hall–Kier alpha value is -1.95. The third-order valence-electron chi connectivity index (χ3n) is 3.35. The van der Waals surface area contributed by atoms with Gasteiger partial charge in [-0.2, -0.15) is 0 Å². The van der Waals surface area contributed by atoms with Crippen LogP contribution in [-0.2, 0) is 16.4 Å². The molecule has 0 saturated heterocycles. The largest absolute Gasteiger partial charge is 0.469 e. The van der Waals surface area contributed by atoms with Crippen LogP contribution < -0.4 is 10.0 Å². The summed E-state index contributed by atoms with van der Waals surface area (Å²) in [6.45, 7) is 3.96. The highest BCUT2D eigenvalue weighted by atomic mass is 32.2. The monoisotopic (exact) mass is 322 g/mol. The molecule has 2 aromatic rings. The molecule has 0 aliphatic heterocycles. The van der Waals surface area contributed by atoms with E-state index in [0.29, 0.717) is 5.69 Å². The minimum absolute atomic E-state index is 0.249. The first-order valence-electron chi connectivity index (χ1n) is 7.21. The summed E-state index contributed by atoms with van der Waals surface area (Å²) in [5.41, 5.74) is 2.38. The number of sulfonamides is 1. The van der Waals surface area contributed by atoms with Crippen LogP contribution in [0.15, 0.2) is 41.0 Å². The van der Waals surface area contributed by atoms with Crippen molar-refractivity contribution in [2.75, 3.05) is 16.3 Å². The number of furan rings is 1. The van der Waals surface area contributed by atoms with Gasteiger partial charge in [0.15, 0.2) is 0 Å². The standard InChI is InChI=1S/C16H22N2O3S/c1-12-6-8-14(11-16(12)18-22(3,19)20)17-13(2)7-9-15-5-4-10-21-15/h4-6,8,10-11,13,17-18H,7,9H2,1-3H3. The van der Waals surface area contributed by atoms with Crippen molar-refractivity contribution in [3.05, 3.63) is 47.9 Å². The van der Waals surface area contributed by atoms with E-state index in [1.807, 2.05) is 37.3 Å². The molecule has 0 bridgehead atoms. The van der Waals surface area contributed by atoms with Crippen LogP contribution in [0.1, 0.15) is 24.7 Å². The predicted octanol–water partition coefficient (Wildman–Crippen LogP) is 3.39. The first-order valence-corrected chi connectivity index (χ1v) is 9.10. The highest BCUT2D eigenvalue weighted by Crippen LogP contribution is 2.22. The molecule has 1 aromatic heterocycles. The van der Waals surface area contributed by atoms with Gasteiger partial charge in [-0.15, -0.1) is 0 Å². The molecule has 1 heterocycles. The smallest absolute Gasteiger partial charge is 0.229 e. The summed E-state index contributed by atoms with van der Waals surface area (Å²) >= 11 is 0. The number of benzene rings is 1. The topological polar surface area (TPSA) is 71.3 Å². The molecule has 6 heteroatoms. The molecule has 1 atom stereocenters. The Bertz CT molecular complexity index is 709. The van der Waals surface area contributed by atoms with Gasteiger partial charge in [-0.3, -0.25) is 4.72 Å². The van der Waals surface area contributed by atoms with Crippen molar-refractivity contribution in [3.63, 3.8) is 0 Å². The SMILES string of the molecule is Cc1ccc(NC(C)CCc2ccco2)cc1NS(C)(=O)=O. The second-order valence-electron chi connectivity index (χ2n) is 5.57. The molecule has 0 radical (unpaired) electrons. The summed E-state index contributed by atoms with van der Waals surface area (Å²) in [7, 11) is -3.27. The lowest BCUT2D eigenvalue weighted by atomic mass is 10.1. The number of anilines is 2. The van der Waals surface area contributed by atoms with E-state index in [-0.39, 0.29) is 6.04 Å². The molecule has 22 heavy (non-hydrogen) atoms. The third-order valence-corrected chi connectivity index (χ3v) is 3.94. The number of nitrogens with one attached hydrogen (secondary N) is 2. The molecule has 1 aromatic carbocycles. The van der Waals surface area contributed by atoms with E-state index < -0.39 is 10.0 Å². The number of rotatable bonds is 7. The van der Waals surface area contributed by atoms with E-state index in [4.69, 9.17) is 4.42 Å². The Labute approximate surface area is 131 Å². The average molecular weight is 322 g/mol. The van der Waals surface area contributed by atoms with Crippen LogP contribution >= 0.6 is 0 Å². The van der Waals surface area contributed by atoms with E-state index >= 15 is 0 Å². The Morgan fingerprint density at radius 1 is 1.27 bits per heavy atom. The maximum Gasteiger partial charge on any atom is 0.229 e.